The first-order chi connectivity index (χ1) is 14.4. The van der Waals surface area contributed by atoms with Gasteiger partial charge in [0.1, 0.15) is 6.04 Å². The molecule has 0 saturated carbocycles. The Morgan fingerprint density at radius 2 is 1.53 bits per heavy atom. The van der Waals surface area contributed by atoms with Gasteiger partial charge in [-0.05, 0) is 5.56 Å². The average molecular weight is 416 g/mol. The molecule has 0 aliphatic heterocycles. The van der Waals surface area contributed by atoms with E-state index in [1.54, 1.807) is 0 Å². The van der Waals surface area contributed by atoms with E-state index in [4.69, 9.17) is 18.9 Å². The fourth-order valence-electron chi connectivity index (χ4n) is 2.76. The van der Waals surface area contributed by atoms with Gasteiger partial charge in [0.15, 0.2) is 11.5 Å². The van der Waals surface area contributed by atoms with Crippen molar-refractivity contribution in [3.8, 4) is 11.5 Å². The Morgan fingerprint density at radius 1 is 0.900 bits per heavy atom. The topological polar surface area (TPSA) is 112 Å². The number of hydrogen-bond donors (Lipinski definition) is 2. The van der Waals surface area contributed by atoms with Gasteiger partial charge in [0.25, 0.3) is 0 Å². The number of benzene rings is 2. The molecule has 30 heavy (non-hydrogen) atoms. The van der Waals surface area contributed by atoms with E-state index in [0.29, 0.717) is 11.5 Å². The van der Waals surface area contributed by atoms with Crippen LogP contribution in [0, 0.1) is 0 Å². The van der Waals surface area contributed by atoms with Crippen LogP contribution in [0.1, 0.15) is 15.9 Å². The maximum absolute atomic E-state index is 12.6. The summed E-state index contributed by atoms with van der Waals surface area (Å²) in [6.07, 6.45) is 0.233. The predicted molar refractivity (Wildman–Crippen MR) is 109 cm³/mol. The third-order valence-corrected chi connectivity index (χ3v) is 4.25. The Bertz CT molecular complexity index is 900. The van der Waals surface area contributed by atoms with E-state index in [-0.39, 0.29) is 17.7 Å². The van der Waals surface area contributed by atoms with Crippen molar-refractivity contribution in [2.24, 2.45) is 0 Å². The molecule has 0 heterocycles. The minimum Gasteiger partial charge on any atom is -0.493 e. The van der Waals surface area contributed by atoms with Crippen LogP contribution in [0.5, 0.6) is 11.5 Å². The number of rotatable bonds is 8. The fraction of sp³-hybridized carbons (Fsp3) is 0.286. The number of nitrogens with one attached hydrogen (secondary N) is 2. The van der Waals surface area contributed by atoms with Crippen molar-refractivity contribution in [1.29, 1.82) is 0 Å². The minimum atomic E-state index is -0.931. The van der Waals surface area contributed by atoms with Gasteiger partial charge in [-0.1, -0.05) is 30.3 Å². The molecule has 9 nitrogen and oxygen atoms in total. The molecule has 1 atom stereocenters. The highest BCUT2D eigenvalue weighted by molar-refractivity contribution is 6.02. The van der Waals surface area contributed by atoms with Crippen LogP contribution in [-0.2, 0) is 20.7 Å². The molecule has 0 aromatic heterocycles. The Hall–Kier alpha value is -3.75. The molecule has 2 aromatic rings. The number of carbonyl (C=O) groups excluding carboxylic acids is 3. The monoisotopic (exact) mass is 416 g/mol. The molecule has 9 heteroatoms. The van der Waals surface area contributed by atoms with E-state index in [1.807, 2.05) is 30.3 Å². The molecule has 2 N–H and O–H groups in total. The van der Waals surface area contributed by atoms with E-state index in [1.165, 1.54) is 40.6 Å². The molecule has 160 valence electrons. The molecule has 2 rings (SSSR count). The summed E-state index contributed by atoms with van der Waals surface area (Å²) < 4.78 is 20.0. The smallest absolute Gasteiger partial charge is 0.340 e. The zero-order valence-corrected chi connectivity index (χ0v) is 17.2. The van der Waals surface area contributed by atoms with Crippen molar-refractivity contribution >= 4 is 23.7 Å². The summed E-state index contributed by atoms with van der Waals surface area (Å²) in [5.41, 5.74) is 1.03. The molecule has 2 aromatic carbocycles. The molecule has 0 unspecified atom stereocenters. The quantitative estimate of drug-likeness (QED) is 0.636. The zero-order valence-electron chi connectivity index (χ0n) is 17.2. The van der Waals surface area contributed by atoms with Gasteiger partial charge in [-0.25, -0.2) is 14.4 Å². The summed E-state index contributed by atoms with van der Waals surface area (Å²) in [7, 11) is 5.30. The number of amides is 2. The number of carbonyl (C=O) groups is 3. The standard InChI is InChI=1S/C21H24N2O7/c1-27-17-11-14(19(24)29-3)15(12-18(17)28-2)22-21(26)23-16(20(25)30-4)10-13-8-6-5-7-9-13/h5-9,11-12,16H,10H2,1-4H3,(H2,22,23,26)/t16-/m0/s1. The second-order valence-electron chi connectivity index (χ2n) is 6.11. The lowest BCUT2D eigenvalue weighted by atomic mass is 10.1. The Labute approximate surface area is 174 Å². The van der Waals surface area contributed by atoms with Crippen LogP contribution in [-0.4, -0.2) is 52.5 Å². The molecular formula is C21H24N2O7. The van der Waals surface area contributed by atoms with Crippen LogP contribution < -0.4 is 20.1 Å². The van der Waals surface area contributed by atoms with E-state index >= 15 is 0 Å². The van der Waals surface area contributed by atoms with E-state index in [9.17, 15) is 14.4 Å². The number of methoxy groups -OCH3 is 4. The summed E-state index contributed by atoms with van der Waals surface area (Å²) in [5.74, 6) is -0.691. The number of esters is 2. The number of urea groups is 1. The SMILES string of the molecule is COC(=O)c1cc(OC)c(OC)cc1NC(=O)N[C@@H](Cc1ccccc1)C(=O)OC. The highest BCUT2D eigenvalue weighted by atomic mass is 16.5. The van der Waals surface area contributed by atoms with Gasteiger partial charge in [-0.2, -0.15) is 0 Å². The van der Waals surface area contributed by atoms with Gasteiger partial charge >= 0.3 is 18.0 Å². The van der Waals surface area contributed by atoms with Crippen LogP contribution in [0.2, 0.25) is 0 Å². The van der Waals surface area contributed by atoms with Crippen LogP contribution in [0.25, 0.3) is 0 Å². The first kappa shape index (κ1) is 22.5. The minimum absolute atomic E-state index is 0.0583. The Morgan fingerprint density at radius 3 is 2.10 bits per heavy atom. The van der Waals surface area contributed by atoms with Crippen molar-refractivity contribution in [2.75, 3.05) is 33.8 Å². The van der Waals surface area contributed by atoms with Gasteiger partial charge < -0.3 is 29.6 Å². The van der Waals surface area contributed by atoms with Crippen molar-refractivity contribution in [3.63, 3.8) is 0 Å². The van der Waals surface area contributed by atoms with Crippen LogP contribution in [0.15, 0.2) is 42.5 Å². The largest absolute Gasteiger partial charge is 0.493 e. The number of ether oxygens (including phenoxy) is 4. The lowest BCUT2D eigenvalue weighted by Crippen LogP contribution is -2.45. The third kappa shape index (κ3) is 5.63. The molecule has 2 amide bonds. The molecule has 0 saturated heterocycles. The van der Waals surface area contributed by atoms with Gasteiger partial charge in [0, 0.05) is 18.6 Å². The van der Waals surface area contributed by atoms with Gasteiger partial charge in [-0.15, -0.1) is 0 Å². The number of hydrogen-bond acceptors (Lipinski definition) is 7. The Balaban J connectivity index is 2.25. The van der Waals surface area contributed by atoms with Crippen molar-refractivity contribution in [3.05, 3.63) is 53.6 Å². The molecule has 0 fully saturated rings. The lowest BCUT2D eigenvalue weighted by molar-refractivity contribution is -0.142. The van der Waals surface area contributed by atoms with Crippen molar-refractivity contribution < 1.29 is 33.3 Å². The molecule has 0 spiro atoms. The summed E-state index contributed by atoms with van der Waals surface area (Å²) in [6, 6.07) is 10.3. The average Bonchev–Trinajstić information content (AvgIpc) is 2.77. The maximum Gasteiger partial charge on any atom is 0.340 e. The van der Waals surface area contributed by atoms with Crippen LogP contribution in [0.4, 0.5) is 10.5 Å². The lowest BCUT2D eigenvalue weighted by Gasteiger charge is -2.19. The van der Waals surface area contributed by atoms with Gasteiger partial charge in [-0.3, -0.25) is 0 Å². The van der Waals surface area contributed by atoms with E-state index < -0.39 is 24.0 Å². The van der Waals surface area contributed by atoms with E-state index in [2.05, 4.69) is 10.6 Å². The van der Waals surface area contributed by atoms with E-state index in [0.717, 1.165) is 5.56 Å². The fourth-order valence-corrected chi connectivity index (χ4v) is 2.76. The first-order valence-corrected chi connectivity index (χ1v) is 8.97. The first-order valence-electron chi connectivity index (χ1n) is 8.97. The van der Waals surface area contributed by atoms with Crippen molar-refractivity contribution in [1.82, 2.24) is 5.32 Å². The molecule has 0 aliphatic carbocycles. The van der Waals surface area contributed by atoms with Gasteiger partial charge in [0.2, 0.25) is 0 Å². The highest BCUT2D eigenvalue weighted by Crippen LogP contribution is 2.33. The highest BCUT2D eigenvalue weighted by Gasteiger charge is 2.24. The summed E-state index contributed by atoms with van der Waals surface area (Å²) in [4.78, 5) is 36.9. The summed E-state index contributed by atoms with van der Waals surface area (Å²) >= 11 is 0. The summed E-state index contributed by atoms with van der Waals surface area (Å²) in [5, 5.41) is 5.12. The predicted octanol–water partition coefficient (Wildman–Crippen LogP) is 2.40. The van der Waals surface area contributed by atoms with Crippen LogP contribution in [0.3, 0.4) is 0 Å². The van der Waals surface area contributed by atoms with Crippen LogP contribution >= 0.6 is 0 Å². The second kappa shape index (κ2) is 10.7. The summed E-state index contributed by atoms with van der Waals surface area (Å²) in [6.45, 7) is 0. The van der Waals surface area contributed by atoms with Crippen molar-refractivity contribution in [2.45, 2.75) is 12.5 Å². The third-order valence-electron chi connectivity index (χ3n) is 4.25. The molecule has 0 bridgehead atoms. The zero-order chi connectivity index (χ0) is 22.1. The molecule has 0 aliphatic rings. The number of anilines is 1. The maximum atomic E-state index is 12.6. The molecular weight excluding hydrogens is 392 g/mol. The second-order valence-corrected chi connectivity index (χ2v) is 6.11. The van der Waals surface area contributed by atoms with Gasteiger partial charge in [0.05, 0.1) is 39.7 Å². The Kier molecular flexibility index (Phi) is 8.04. The molecule has 0 radical (unpaired) electrons. The normalized spacial score (nSPS) is 11.1.